The third-order valence-corrected chi connectivity index (χ3v) is 6.43. The number of nitrogens with zero attached hydrogens (tertiary/aromatic N) is 2. The number of rotatable bonds is 6. The van der Waals surface area contributed by atoms with E-state index < -0.39 is 0 Å². The number of hydrogen-bond acceptors (Lipinski definition) is 3. The molecule has 5 rings (SSSR count). The quantitative estimate of drug-likeness (QED) is 0.439. The summed E-state index contributed by atoms with van der Waals surface area (Å²) in [7, 11) is 0. The lowest BCUT2D eigenvalue weighted by atomic mass is 9.95. The van der Waals surface area contributed by atoms with Gasteiger partial charge in [-0.2, -0.15) is 0 Å². The molecule has 0 unspecified atom stereocenters. The summed E-state index contributed by atoms with van der Waals surface area (Å²) >= 11 is 0. The van der Waals surface area contributed by atoms with Crippen LogP contribution in [0.1, 0.15) is 35.4 Å². The summed E-state index contributed by atoms with van der Waals surface area (Å²) in [4.78, 5) is 35.8. The number of aryl methyl sites for hydroxylation is 1. The van der Waals surface area contributed by atoms with Crippen LogP contribution in [0.4, 0.5) is 0 Å². The minimum absolute atomic E-state index is 0.00851. The zero-order chi connectivity index (χ0) is 22.6. The molecule has 4 aromatic rings. The van der Waals surface area contributed by atoms with Crippen molar-refractivity contribution in [1.29, 1.82) is 0 Å². The maximum atomic E-state index is 13.3. The van der Waals surface area contributed by atoms with Gasteiger partial charge < -0.3 is 15.2 Å². The predicted octanol–water partition coefficient (Wildman–Crippen LogP) is 4.32. The maximum Gasteiger partial charge on any atom is 0.254 e. The largest absolute Gasteiger partial charge is 0.356 e. The molecule has 0 radical (unpaired) electrons. The van der Waals surface area contributed by atoms with Crippen LogP contribution in [-0.4, -0.2) is 46.3 Å². The van der Waals surface area contributed by atoms with Crippen molar-refractivity contribution >= 4 is 33.6 Å². The molecule has 2 amide bonds. The van der Waals surface area contributed by atoms with E-state index >= 15 is 0 Å². The molecule has 0 spiro atoms. The molecule has 1 aliphatic rings. The van der Waals surface area contributed by atoms with Crippen LogP contribution in [0, 0.1) is 5.92 Å². The molecule has 3 aromatic carbocycles. The van der Waals surface area contributed by atoms with Crippen LogP contribution in [0.5, 0.6) is 0 Å². The van der Waals surface area contributed by atoms with E-state index in [0.717, 1.165) is 53.3 Å². The van der Waals surface area contributed by atoms with E-state index in [1.165, 1.54) is 0 Å². The molecule has 168 valence electrons. The molecule has 1 aromatic heterocycles. The fourth-order valence-electron chi connectivity index (χ4n) is 4.69. The molecule has 0 aliphatic carbocycles. The Morgan fingerprint density at radius 2 is 1.85 bits per heavy atom. The summed E-state index contributed by atoms with van der Waals surface area (Å²) in [6, 6.07) is 21.7. The lowest BCUT2D eigenvalue weighted by Crippen LogP contribution is -2.45. The average molecular weight is 441 g/mol. The van der Waals surface area contributed by atoms with E-state index in [0.29, 0.717) is 25.2 Å². The van der Waals surface area contributed by atoms with Crippen LogP contribution >= 0.6 is 0 Å². The van der Waals surface area contributed by atoms with Gasteiger partial charge in [0, 0.05) is 31.6 Å². The second kappa shape index (κ2) is 9.45. The topological polar surface area (TPSA) is 78.1 Å². The molecule has 0 bridgehead atoms. The van der Waals surface area contributed by atoms with Gasteiger partial charge in [-0.15, -0.1) is 0 Å². The molecule has 1 atom stereocenters. The van der Waals surface area contributed by atoms with Gasteiger partial charge in [-0.3, -0.25) is 9.59 Å². The van der Waals surface area contributed by atoms with E-state index in [1.54, 1.807) is 0 Å². The predicted molar refractivity (Wildman–Crippen MR) is 130 cm³/mol. The molecule has 2 heterocycles. The number of piperidine rings is 1. The molecule has 1 aliphatic heterocycles. The highest BCUT2D eigenvalue weighted by Crippen LogP contribution is 2.23. The van der Waals surface area contributed by atoms with E-state index in [4.69, 9.17) is 0 Å². The third-order valence-electron chi connectivity index (χ3n) is 6.43. The number of para-hydroxylation sites is 2. The van der Waals surface area contributed by atoms with Gasteiger partial charge in [0.25, 0.3) is 5.91 Å². The number of benzene rings is 3. The number of fused-ring (bicyclic) bond motifs is 2. The number of aromatic nitrogens is 2. The number of hydrogen-bond donors (Lipinski definition) is 2. The number of amides is 2. The van der Waals surface area contributed by atoms with Crippen molar-refractivity contribution in [2.75, 3.05) is 19.6 Å². The fraction of sp³-hybridized carbons (Fsp3) is 0.296. The molecule has 33 heavy (non-hydrogen) atoms. The van der Waals surface area contributed by atoms with E-state index in [2.05, 4.69) is 15.3 Å². The van der Waals surface area contributed by atoms with Gasteiger partial charge in [0.1, 0.15) is 5.82 Å². The number of aromatic amines is 1. The first-order chi connectivity index (χ1) is 16.2. The van der Waals surface area contributed by atoms with Crippen molar-refractivity contribution in [2.24, 2.45) is 5.92 Å². The normalized spacial score (nSPS) is 16.2. The van der Waals surface area contributed by atoms with Gasteiger partial charge in [-0.1, -0.05) is 48.5 Å². The number of H-pyrrole nitrogens is 1. The van der Waals surface area contributed by atoms with Crippen LogP contribution in [0.15, 0.2) is 66.7 Å². The van der Waals surface area contributed by atoms with Crippen molar-refractivity contribution in [2.45, 2.75) is 25.7 Å². The van der Waals surface area contributed by atoms with Gasteiger partial charge in [-0.25, -0.2) is 4.98 Å². The lowest BCUT2D eigenvalue weighted by molar-refractivity contribution is -0.126. The Bertz CT molecular complexity index is 1260. The number of nitrogens with one attached hydrogen (secondary N) is 2. The monoisotopic (exact) mass is 440 g/mol. The molecule has 1 fully saturated rings. The summed E-state index contributed by atoms with van der Waals surface area (Å²) in [5, 5.41) is 5.08. The Morgan fingerprint density at radius 3 is 2.76 bits per heavy atom. The molecule has 6 nitrogen and oxygen atoms in total. The van der Waals surface area contributed by atoms with E-state index in [1.807, 2.05) is 71.6 Å². The first kappa shape index (κ1) is 21.2. The second-order valence-corrected chi connectivity index (χ2v) is 8.71. The van der Waals surface area contributed by atoms with E-state index in [9.17, 15) is 9.59 Å². The highest BCUT2D eigenvalue weighted by molar-refractivity contribution is 6.07. The van der Waals surface area contributed by atoms with Crippen molar-refractivity contribution < 1.29 is 9.59 Å². The summed E-state index contributed by atoms with van der Waals surface area (Å²) in [5.41, 5.74) is 2.71. The zero-order valence-electron chi connectivity index (χ0n) is 18.6. The Morgan fingerprint density at radius 1 is 1.03 bits per heavy atom. The van der Waals surface area contributed by atoms with Crippen LogP contribution in [0.25, 0.3) is 21.8 Å². The Hall–Kier alpha value is -3.67. The molecule has 2 N–H and O–H groups in total. The van der Waals surface area contributed by atoms with E-state index in [-0.39, 0.29) is 17.7 Å². The number of imidazole rings is 1. The fourth-order valence-corrected chi connectivity index (χ4v) is 4.69. The van der Waals surface area contributed by atoms with Crippen molar-refractivity contribution in [3.63, 3.8) is 0 Å². The summed E-state index contributed by atoms with van der Waals surface area (Å²) in [6.45, 7) is 1.76. The van der Waals surface area contributed by atoms with Crippen LogP contribution < -0.4 is 5.32 Å². The number of likely N-dealkylation sites (tertiary alicyclic amines) is 1. The smallest absolute Gasteiger partial charge is 0.254 e. The highest BCUT2D eigenvalue weighted by atomic mass is 16.2. The Balaban J connectivity index is 1.15. The number of carbonyl (C=O) groups excluding carboxylic acids is 2. The summed E-state index contributed by atoms with van der Waals surface area (Å²) < 4.78 is 0. The summed E-state index contributed by atoms with van der Waals surface area (Å²) in [6.07, 6.45) is 3.25. The van der Waals surface area contributed by atoms with Gasteiger partial charge in [0.05, 0.1) is 17.0 Å². The van der Waals surface area contributed by atoms with Gasteiger partial charge in [0.2, 0.25) is 5.91 Å². The third kappa shape index (κ3) is 4.60. The minimum Gasteiger partial charge on any atom is -0.356 e. The van der Waals surface area contributed by atoms with Crippen molar-refractivity contribution in [3.05, 3.63) is 78.1 Å². The van der Waals surface area contributed by atoms with Crippen LogP contribution in [-0.2, 0) is 11.2 Å². The Labute approximate surface area is 193 Å². The Kier molecular flexibility index (Phi) is 6.07. The highest BCUT2D eigenvalue weighted by Gasteiger charge is 2.29. The maximum absolute atomic E-state index is 13.3. The summed E-state index contributed by atoms with van der Waals surface area (Å²) in [5.74, 6) is 0.822. The number of carbonyl (C=O) groups is 2. The second-order valence-electron chi connectivity index (χ2n) is 8.71. The minimum atomic E-state index is -0.163. The molecule has 0 saturated carbocycles. The van der Waals surface area contributed by atoms with Gasteiger partial charge in [-0.05, 0) is 48.2 Å². The first-order valence-corrected chi connectivity index (χ1v) is 11.7. The standard InChI is InChI=1S/C27H28N4O2/c32-26(28-16-6-15-25-29-23-13-3-4-14-24(23)30-25)20-10-7-17-31(18-20)27(33)22-12-5-9-19-8-1-2-11-21(19)22/h1-5,8-9,11-14,20H,6-7,10,15-18H2,(H,28,32)(H,29,30)/t20-/m0/s1. The van der Waals surface area contributed by atoms with Gasteiger partial charge >= 0.3 is 0 Å². The zero-order valence-corrected chi connectivity index (χ0v) is 18.6. The molecule has 1 saturated heterocycles. The molecular weight excluding hydrogens is 412 g/mol. The van der Waals surface area contributed by atoms with Crippen molar-refractivity contribution in [1.82, 2.24) is 20.2 Å². The first-order valence-electron chi connectivity index (χ1n) is 11.7. The van der Waals surface area contributed by atoms with Gasteiger partial charge in [0.15, 0.2) is 0 Å². The van der Waals surface area contributed by atoms with Crippen LogP contribution in [0.3, 0.4) is 0 Å². The molecular formula is C27H28N4O2. The SMILES string of the molecule is O=C(NCCCc1nc2ccccc2[nH]1)[C@H]1CCCN(C(=O)c2cccc3ccccc23)C1. The average Bonchev–Trinajstić information content (AvgIpc) is 3.29. The van der Waals surface area contributed by atoms with Crippen LogP contribution in [0.2, 0.25) is 0 Å². The molecule has 6 heteroatoms. The lowest BCUT2D eigenvalue weighted by Gasteiger charge is -2.32. The van der Waals surface area contributed by atoms with Crippen molar-refractivity contribution in [3.8, 4) is 0 Å².